The van der Waals surface area contributed by atoms with Crippen LogP contribution in [0.2, 0.25) is 0 Å². The first-order chi connectivity index (χ1) is 7.12. The summed E-state index contributed by atoms with van der Waals surface area (Å²) in [6, 6.07) is 0. The Morgan fingerprint density at radius 1 is 0.588 bits per heavy atom. The Labute approximate surface area is 114 Å². The molecule has 0 aliphatic rings. The molecule has 0 fully saturated rings. The van der Waals surface area contributed by atoms with Crippen LogP contribution in [0, 0.1) is 0 Å². The summed E-state index contributed by atoms with van der Waals surface area (Å²) in [5, 5.41) is 0. The summed E-state index contributed by atoms with van der Waals surface area (Å²) in [5.74, 6) is 0. The summed E-state index contributed by atoms with van der Waals surface area (Å²) < 4.78 is 18.0. The van der Waals surface area contributed by atoms with Gasteiger partial charge in [-0.1, -0.05) is 0 Å². The van der Waals surface area contributed by atoms with Crippen molar-refractivity contribution in [1.29, 1.82) is 0 Å². The Morgan fingerprint density at radius 3 is 0.882 bits per heavy atom. The monoisotopic (exact) mass is 330 g/mol. The average Bonchev–Trinajstić information content (AvgIpc) is 1.65. The molecule has 0 N–H and O–H groups in total. The van der Waals surface area contributed by atoms with Crippen molar-refractivity contribution in [3.05, 3.63) is 0 Å². The third-order valence-corrected chi connectivity index (χ3v) is 4.88. The topological polar surface area (TPSA) is 27.7 Å². The maximum atomic E-state index is 5.99. The van der Waals surface area contributed by atoms with E-state index in [1.54, 1.807) is 0 Å². The van der Waals surface area contributed by atoms with Crippen molar-refractivity contribution in [2.24, 2.45) is 0 Å². The van der Waals surface area contributed by atoms with Crippen molar-refractivity contribution in [3.8, 4) is 0 Å². The van der Waals surface area contributed by atoms with Crippen molar-refractivity contribution in [2.45, 2.75) is 79.1 Å². The third kappa shape index (κ3) is 10.4. The third-order valence-electron chi connectivity index (χ3n) is 1.16. The Hall–Kier alpha value is 0.829. The van der Waals surface area contributed by atoms with Crippen LogP contribution < -0.4 is 0 Å². The minimum atomic E-state index is -2.46. The van der Waals surface area contributed by atoms with Crippen LogP contribution in [0.1, 0.15) is 62.3 Å². The van der Waals surface area contributed by atoms with Gasteiger partial charge < -0.3 is 0 Å². The second-order valence-corrected chi connectivity index (χ2v) is 11.3. The molecule has 0 saturated heterocycles. The average molecular weight is 329 g/mol. The van der Waals surface area contributed by atoms with Crippen molar-refractivity contribution in [1.82, 2.24) is 0 Å². The van der Waals surface area contributed by atoms with Crippen LogP contribution >= 0.6 is 6.19 Å². The van der Waals surface area contributed by atoms with Gasteiger partial charge in [-0.2, -0.15) is 0 Å². The fourth-order valence-electron chi connectivity index (χ4n) is 1.06. The molecule has 0 radical (unpaired) electrons. The summed E-state index contributed by atoms with van der Waals surface area (Å²) in [5.41, 5.74) is -0.930. The van der Waals surface area contributed by atoms with Gasteiger partial charge in [0.15, 0.2) is 0 Å². The molecular weight excluding hydrogens is 302 g/mol. The molecule has 0 aromatic heterocycles. The number of hydrogen-bond donors (Lipinski definition) is 0. The molecule has 0 rings (SSSR count). The van der Waals surface area contributed by atoms with Crippen LogP contribution in [-0.4, -0.2) is 31.9 Å². The van der Waals surface area contributed by atoms with E-state index in [0.29, 0.717) is 0 Å². The van der Waals surface area contributed by atoms with Crippen LogP contribution in [0.25, 0.3) is 0 Å². The minimum absolute atomic E-state index is 0.310. The zero-order valence-electron chi connectivity index (χ0n) is 12.6. The van der Waals surface area contributed by atoms with E-state index in [1.165, 1.54) is 0 Å². The van der Waals surface area contributed by atoms with Gasteiger partial charge in [0.25, 0.3) is 0 Å². The molecular formula is C12H27O3PSe. The molecule has 104 valence electrons. The van der Waals surface area contributed by atoms with E-state index >= 15 is 0 Å². The molecule has 0 aliphatic carbocycles. The molecule has 3 nitrogen and oxygen atoms in total. The van der Waals surface area contributed by atoms with E-state index in [4.69, 9.17) is 13.6 Å². The zero-order chi connectivity index (χ0) is 14.1. The molecule has 0 amide bonds. The van der Waals surface area contributed by atoms with Crippen molar-refractivity contribution >= 4 is 21.3 Å². The standard InChI is InChI=1S/C12H27O3PSe/c1-10(2,3)13-16(17,14-11(4,5)6)15-12(7,8)9/h1-9H3. The van der Waals surface area contributed by atoms with Gasteiger partial charge in [0.1, 0.15) is 0 Å². The summed E-state index contributed by atoms with van der Waals surface area (Å²) in [6.45, 7) is 18.0. The Kier molecular flexibility index (Phi) is 5.71. The molecule has 0 heterocycles. The van der Waals surface area contributed by atoms with Crippen molar-refractivity contribution in [2.75, 3.05) is 0 Å². The molecule has 0 aliphatic heterocycles. The SMILES string of the molecule is CC(C)(C)OP(=[Se])(OC(C)(C)C)OC(C)(C)C. The summed E-state index contributed by atoms with van der Waals surface area (Å²) in [6.07, 6.45) is -2.46. The van der Waals surface area contributed by atoms with Gasteiger partial charge in [-0.3, -0.25) is 0 Å². The van der Waals surface area contributed by atoms with Crippen molar-refractivity contribution < 1.29 is 13.6 Å². The van der Waals surface area contributed by atoms with Crippen LogP contribution in [0.3, 0.4) is 0 Å². The second-order valence-electron chi connectivity index (χ2n) is 7.06. The summed E-state index contributed by atoms with van der Waals surface area (Å²) >= 11 is 3.00. The van der Waals surface area contributed by atoms with Crippen LogP contribution in [0.5, 0.6) is 0 Å². The first kappa shape index (κ1) is 17.8. The number of hydrogen-bond acceptors (Lipinski definition) is 3. The molecule has 17 heavy (non-hydrogen) atoms. The Morgan fingerprint density at radius 2 is 0.765 bits per heavy atom. The van der Waals surface area contributed by atoms with E-state index < -0.39 is 6.19 Å². The van der Waals surface area contributed by atoms with Crippen LogP contribution in [0.15, 0.2) is 0 Å². The van der Waals surface area contributed by atoms with Crippen LogP contribution in [-0.2, 0) is 13.6 Å². The zero-order valence-corrected chi connectivity index (χ0v) is 15.2. The van der Waals surface area contributed by atoms with E-state index in [9.17, 15) is 0 Å². The summed E-state index contributed by atoms with van der Waals surface area (Å²) in [4.78, 5) is 0. The number of rotatable bonds is 3. The molecule has 0 spiro atoms. The Balaban J connectivity index is 5.03. The van der Waals surface area contributed by atoms with E-state index in [-0.39, 0.29) is 16.8 Å². The van der Waals surface area contributed by atoms with Gasteiger partial charge >= 0.3 is 114 Å². The predicted octanol–water partition coefficient (Wildman–Crippen LogP) is 4.28. The normalized spacial score (nSPS) is 15.1. The van der Waals surface area contributed by atoms with Gasteiger partial charge in [-0.15, -0.1) is 0 Å². The summed E-state index contributed by atoms with van der Waals surface area (Å²) in [7, 11) is 0. The van der Waals surface area contributed by atoms with Gasteiger partial charge in [-0.05, 0) is 0 Å². The van der Waals surface area contributed by atoms with Gasteiger partial charge in [0.2, 0.25) is 0 Å². The first-order valence-electron chi connectivity index (χ1n) is 5.84. The van der Waals surface area contributed by atoms with E-state index in [0.717, 1.165) is 0 Å². The predicted molar refractivity (Wildman–Crippen MR) is 75.2 cm³/mol. The second kappa shape index (κ2) is 5.44. The maximum absolute atomic E-state index is 5.99. The Bertz CT molecular complexity index is 247. The molecule has 0 aromatic carbocycles. The molecule has 0 aromatic rings. The van der Waals surface area contributed by atoms with Crippen LogP contribution in [0.4, 0.5) is 0 Å². The van der Waals surface area contributed by atoms with Gasteiger partial charge in [0.05, 0.1) is 0 Å². The molecule has 0 saturated carbocycles. The van der Waals surface area contributed by atoms with E-state index in [2.05, 4.69) is 15.1 Å². The van der Waals surface area contributed by atoms with E-state index in [1.807, 2.05) is 62.3 Å². The fraction of sp³-hybridized carbons (Fsp3) is 1.00. The molecule has 5 heteroatoms. The molecule has 0 atom stereocenters. The fourth-order valence-corrected chi connectivity index (χ4v) is 7.41. The van der Waals surface area contributed by atoms with Gasteiger partial charge in [-0.25, -0.2) is 0 Å². The molecule has 0 unspecified atom stereocenters. The molecule has 0 bridgehead atoms. The van der Waals surface area contributed by atoms with Gasteiger partial charge in [0, 0.05) is 0 Å². The van der Waals surface area contributed by atoms with Crippen molar-refractivity contribution in [3.63, 3.8) is 0 Å². The quantitative estimate of drug-likeness (QED) is 0.571. The first-order valence-corrected chi connectivity index (χ1v) is 9.60.